The normalized spacial score (nSPS) is 12.5. The smallest absolute Gasteiger partial charge is 0.457 e. The maximum atomic E-state index is 12.4. The van der Waals surface area contributed by atoms with Crippen molar-refractivity contribution in [1.82, 2.24) is 0 Å². The zero-order valence-electron chi connectivity index (χ0n) is 33.3. The van der Waals surface area contributed by atoms with Crippen molar-refractivity contribution in [2.24, 2.45) is 0 Å². The zero-order chi connectivity index (χ0) is 36.6. The summed E-state index contributed by atoms with van der Waals surface area (Å²) in [7, 11) is -4.65. The number of phosphoric acid groups is 1. The molecule has 8 heteroatoms. The van der Waals surface area contributed by atoms with Crippen molar-refractivity contribution in [2.75, 3.05) is 19.8 Å². The number of carbonyl (C=O) groups excluding carboxylic acids is 1. The predicted molar refractivity (Wildman–Crippen MR) is 212 cm³/mol. The Hall–Kier alpha value is -0.460. The lowest BCUT2D eigenvalue weighted by Gasteiger charge is -2.18. The Morgan fingerprint density at radius 2 is 0.760 bits per heavy atom. The van der Waals surface area contributed by atoms with Crippen molar-refractivity contribution in [3.8, 4) is 0 Å². The number of esters is 1. The van der Waals surface area contributed by atoms with Crippen LogP contribution >= 0.6 is 7.82 Å². The Balaban J connectivity index is 3.72. The summed E-state index contributed by atoms with van der Waals surface area (Å²) in [5.41, 5.74) is 0. The standard InChI is InChI=1S/C42H85O7P/c1-3-5-7-9-11-13-15-17-19-21-22-23-25-27-29-31-33-35-37-42(43)49-41(40-48-50(44,45)46)39-47-38-36-34-32-30-28-26-24-20-18-16-14-12-10-8-6-4-2/h41H,3-40H2,1-2H3,(H2,44,45,46)/t41-/m1/s1. The minimum absolute atomic E-state index is 0.0869. The number of rotatable bonds is 42. The van der Waals surface area contributed by atoms with Gasteiger partial charge in [0.1, 0.15) is 6.10 Å². The molecule has 0 rings (SSSR count). The minimum Gasteiger partial charge on any atom is -0.457 e. The van der Waals surface area contributed by atoms with Gasteiger partial charge in [-0.2, -0.15) is 0 Å². The zero-order valence-corrected chi connectivity index (χ0v) is 34.2. The number of hydrogen-bond donors (Lipinski definition) is 2. The summed E-state index contributed by atoms with van der Waals surface area (Å²) in [6.07, 6.45) is 43.8. The van der Waals surface area contributed by atoms with Crippen LogP contribution in [-0.2, 0) is 23.4 Å². The van der Waals surface area contributed by atoms with Gasteiger partial charge in [0.2, 0.25) is 0 Å². The quantitative estimate of drug-likeness (QED) is 0.0366. The largest absolute Gasteiger partial charge is 0.469 e. The maximum Gasteiger partial charge on any atom is 0.469 e. The van der Waals surface area contributed by atoms with Crippen LogP contribution in [-0.4, -0.2) is 41.7 Å². The second-order valence-electron chi connectivity index (χ2n) is 15.0. The summed E-state index contributed by atoms with van der Waals surface area (Å²) in [4.78, 5) is 30.6. The molecule has 0 amide bonds. The van der Waals surface area contributed by atoms with Gasteiger partial charge in [-0.3, -0.25) is 9.32 Å². The SMILES string of the molecule is CCCCCCCCCCCCCCCCCCCCC(=O)O[C@H](COCCCCCCCCCCCCCCCCCC)COP(=O)(O)O. The Kier molecular flexibility index (Phi) is 39.4. The van der Waals surface area contributed by atoms with Crippen molar-refractivity contribution in [1.29, 1.82) is 0 Å². The van der Waals surface area contributed by atoms with E-state index in [0.717, 1.165) is 32.1 Å². The molecule has 0 saturated heterocycles. The van der Waals surface area contributed by atoms with Gasteiger partial charge in [0.05, 0.1) is 13.2 Å². The molecule has 300 valence electrons. The fourth-order valence-corrected chi connectivity index (χ4v) is 7.04. The molecule has 0 heterocycles. The van der Waals surface area contributed by atoms with Crippen LogP contribution < -0.4 is 0 Å². The lowest BCUT2D eigenvalue weighted by molar-refractivity contribution is -0.154. The molecule has 0 saturated carbocycles. The highest BCUT2D eigenvalue weighted by Gasteiger charge is 2.21. The molecule has 0 aromatic rings. The van der Waals surface area contributed by atoms with Crippen molar-refractivity contribution >= 4 is 13.8 Å². The summed E-state index contributed by atoms with van der Waals surface area (Å²) >= 11 is 0. The van der Waals surface area contributed by atoms with E-state index in [9.17, 15) is 9.36 Å². The van der Waals surface area contributed by atoms with Gasteiger partial charge >= 0.3 is 13.8 Å². The van der Waals surface area contributed by atoms with Gasteiger partial charge in [0.25, 0.3) is 0 Å². The number of ether oxygens (including phenoxy) is 2. The van der Waals surface area contributed by atoms with E-state index in [4.69, 9.17) is 19.3 Å². The number of hydrogen-bond acceptors (Lipinski definition) is 5. The molecule has 0 aliphatic heterocycles. The first-order valence-corrected chi connectivity index (χ1v) is 23.4. The Labute approximate surface area is 310 Å². The van der Waals surface area contributed by atoms with E-state index in [-0.39, 0.29) is 19.2 Å². The molecule has 1 atom stereocenters. The molecular formula is C42H85O7P. The summed E-state index contributed by atoms with van der Waals surface area (Å²) in [6, 6.07) is 0. The lowest BCUT2D eigenvalue weighted by Crippen LogP contribution is -2.28. The van der Waals surface area contributed by atoms with Crippen LogP contribution in [0.1, 0.15) is 239 Å². The fraction of sp³-hybridized carbons (Fsp3) is 0.976. The van der Waals surface area contributed by atoms with Gasteiger partial charge in [0.15, 0.2) is 0 Å². The van der Waals surface area contributed by atoms with Gasteiger partial charge < -0.3 is 19.3 Å². The number of phosphoric ester groups is 1. The predicted octanol–water partition coefficient (Wildman–Crippen LogP) is 13.7. The van der Waals surface area contributed by atoms with E-state index >= 15 is 0 Å². The van der Waals surface area contributed by atoms with Crippen molar-refractivity contribution in [2.45, 2.75) is 245 Å². The van der Waals surface area contributed by atoms with Gasteiger partial charge in [-0.1, -0.05) is 219 Å². The van der Waals surface area contributed by atoms with Crippen LogP contribution in [0.2, 0.25) is 0 Å². The van der Waals surface area contributed by atoms with Crippen molar-refractivity contribution in [3.05, 3.63) is 0 Å². The highest BCUT2D eigenvalue weighted by molar-refractivity contribution is 7.46. The van der Waals surface area contributed by atoms with E-state index < -0.39 is 13.9 Å². The molecular weight excluding hydrogens is 647 g/mol. The molecule has 0 radical (unpaired) electrons. The molecule has 0 fully saturated rings. The summed E-state index contributed by atoms with van der Waals surface area (Å²) in [5, 5.41) is 0. The number of carbonyl (C=O) groups is 1. The van der Waals surface area contributed by atoms with E-state index in [1.807, 2.05) is 0 Å². The maximum absolute atomic E-state index is 12.4. The van der Waals surface area contributed by atoms with Crippen LogP contribution in [0.15, 0.2) is 0 Å². The van der Waals surface area contributed by atoms with Gasteiger partial charge in [-0.25, -0.2) is 4.57 Å². The van der Waals surface area contributed by atoms with Crippen LogP contribution in [0.4, 0.5) is 0 Å². The van der Waals surface area contributed by atoms with E-state index in [2.05, 4.69) is 18.4 Å². The van der Waals surface area contributed by atoms with Crippen LogP contribution in [0.3, 0.4) is 0 Å². The van der Waals surface area contributed by atoms with Crippen molar-refractivity contribution in [3.63, 3.8) is 0 Å². The third-order valence-corrected chi connectivity index (χ3v) is 10.4. The second-order valence-corrected chi connectivity index (χ2v) is 16.3. The highest BCUT2D eigenvalue weighted by atomic mass is 31.2. The molecule has 0 aromatic heterocycles. The van der Waals surface area contributed by atoms with E-state index in [1.165, 1.54) is 186 Å². The van der Waals surface area contributed by atoms with Crippen LogP contribution in [0, 0.1) is 0 Å². The van der Waals surface area contributed by atoms with Crippen LogP contribution in [0.25, 0.3) is 0 Å². The number of unbranched alkanes of at least 4 members (excludes halogenated alkanes) is 32. The molecule has 0 spiro atoms. The molecule has 0 unspecified atom stereocenters. The molecule has 0 aromatic carbocycles. The fourth-order valence-electron chi connectivity index (χ4n) is 6.68. The third-order valence-electron chi connectivity index (χ3n) is 9.91. The van der Waals surface area contributed by atoms with Gasteiger partial charge in [0, 0.05) is 13.0 Å². The summed E-state index contributed by atoms with van der Waals surface area (Å²) < 4.78 is 27.0. The van der Waals surface area contributed by atoms with Gasteiger partial charge in [-0.15, -0.1) is 0 Å². The third kappa shape index (κ3) is 42.0. The minimum atomic E-state index is -4.65. The monoisotopic (exact) mass is 733 g/mol. The van der Waals surface area contributed by atoms with E-state index in [0.29, 0.717) is 13.0 Å². The second kappa shape index (κ2) is 39.7. The first-order chi connectivity index (χ1) is 24.4. The van der Waals surface area contributed by atoms with E-state index in [1.54, 1.807) is 0 Å². The topological polar surface area (TPSA) is 102 Å². The van der Waals surface area contributed by atoms with Crippen LogP contribution in [0.5, 0.6) is 0 Å². The Morgan fingerprint density at radius 3 is 1.08 bits per heavy atom. The lowest BCUT2D eigenvalue weighted by atomic mass is 10.0. The molecule has 0 aliphatic rings. The highest BCUT2D eigenvalue weighted by Crippen LogP contribution is 2.36. The Morgan fingerprint density at radius 1 is 0.460 bits per heavy atom. The van der Waals surface area contributed by atoms with Crippen molar-refractivity contribution < 1.29 is 33.1 Å². The average Bonchev–Trinajstić information content (AvgIpc) is 3.09. The Bertz CT molecular complexity index is 729. The first kappa shape index (κ1) is 49.5. The molecule has 7 nitrogen and oxygen atoms in total. The molecule has 0 aliphatic carbocycles. The average molecular weight is 733 g/mol. The van der Waals surface area contributed by atoms with Gasteiger partial charge in [-0.05, 0) is 12.8 Å². The first-order valence-electron chi connectivity index (χ1n) is 21.9. The summed E-state index contributed by atoms with van der Waals surface area (Å²) in [6.45, 7) is 4.81. The molecule has 50 heavy (non-hydrogen) atoms. The molecule has 0 bridgehead atoms. The molecule has 2 N–H and O–H groups in total. The summed E-state index contributed by atoms with van der Waals surface area (Å²) in [5.74, 6) is -0.355.